The van der Waals surface area contributed by atoms with Gasteiger partial charge in [-0.15, -0.1) is 0 Å². The molecule has 2 rings (SSSR count). The van der Waals surface area contributed by atoms with Crippen LogP contribution in [-0.4, -0.2) is 40.5 Å². The Morgan fingerprint density at radius 2 is 1.96 bits per heavy atom. The predicted molar refractivity (Wildman–Crippen MR) is 93.4 cm³/mol. The molecule has 1 heterocycles. The van der Waals surface area contributed by atoms with Crippen molar-refractivity contribution in [2.45, 2.75) is 52.7 Å². The lowest BCUT2D eigenvalue weighted by Crippen LogP contribution is -2.54. The largest absolute Gasteiger partial charge is 0.394 e. The van der Waals surface area contributed by atoms with Gasteiger partial charge in [-0.2, -0.15) is 0 Å². The van der Waals surface area contributed by atoms with Crippen LogP contribution in [0.25, 0.3) is 0 Å². The first-order chi connectivity index (χ1) is 11.4. The highest BCUT2D eigenvalue weighted by Gasteiger charge is 2.39. The second-order valence-electron chi connectivity index (χ2n) is 6.96. The fourth-order valence-corrected chi connectivity index (χ4v) is 3.12. The summed E-state index contributed by atoms with van der Waals surface area (Å²) in [6.45, 7) is 8.27. The highest BCUT2D eigenvalue weighted by molar-refractivity contribution is 6.01. The summed E-state index contributed by atoms with van der Waals surface area (Å²) in [5.41, 5.74) is 1.65. The van der Waals surface area contributed by atoms with Gasteiger partial charge in [-0.05, 0) is 23.5 Å². The van der Waals surface area contributed by atoms with Crippen molar-refractivity contribution < 1.29 is 14.7 Å². The van der Waals surface area contributed by atoms with E-state index in [0.717, 1.165) is 12.0 Å². The van der Waals surface area contributed by atoms with Crippen LogP contribution in [0, 0.1) is 11.8 Å². The molecule has 0 fully saturated rings. The molecule has 0 saturated heterocycles. The van der Waals surface area contributed by atoms with E-state index in [2.05, 4.69) is 5.32 Å². The lowest BCUT2D eigenvalue weighted by atomic mass is 9.95. The van der Waals surface area contributed by atoms with Gasteiger partial charge in [0.05, 0.1) is 12.6 Å². The van der Waals surface area contributed by atoms with E-state index in [1.165, 1.54) is 0 Å². The van der Waals surface area contributed by atoms with Crippen molar-refractivity contribution >= 4 is 11.8 Å². The van der Waals surface area contributed by atoms with Crippen LogP contribution in [0.4, 0.5) is 0 Å². The molecule has 0 bridgehead atoms. The number of rotatable bonds is 7. The van der Waals surface area contributed by atoms with Crippen molar-refractivity contribution in [1.29, 1.82) is 0 Å². The number of hydrogen-bond acceptors (Lipinski definition) is 3. The molecule has 2 N–H and O–H groups in total. The minimum absolute atomic E-state index is 0.0368. The van der Waals surface area contributed by atoms with Crippen LogP contribution < -0.4 is 5.32 Å². The van der Waals surface area contributed by atoms with E-state index in [9.17, 15) is 14.7 Å². The van der Waals surface area contributed by atoms with Gasteiger partial charge in [0.2, 0.25) is 5.91 Å². The van der Waals surface area contributed by atoms with Crippen LogP contribution in [0.3, 0.4) is 0 Å². The Bertz CT molecular complexity index is 600. The second kappa shape index (κ2) is 7.79. The molecule has 0 radical (unpaired) electrons. The average Bonchev–Trinajstić information content (AvgIpc) is 2.89. The Balaban J connectivity index is 2.24. The first kappa shape index (κ1) is 18.5. The summed E-state index contributed by atoms with van der Waals surface area (Å²) in [4.78, 5) is 27.3. The normalized spacial score (nSPS) is 17.6. The number of aliphatic hydroxyl groups is 1. The van der Waals surface area contributed by atoms with Crippen LogP contribution >= 0.6 is 0 Å². The van der Waals surface area contributed by atoms with Crippen molar-refractivity contribution in [1.82, 2.24) is 10.2 Å². The Morgan fingerprint density at radius 3 is 2.50 bits per heavy atom. The maximum absolute atomic E-state index is 12.9. The molecule has 1 aromatic carbocycles. The number of aliphatic hydroxyl groups excluding tert-OH is 1. The summed E-state index contributed by atoms with van der Waals surface area (Å²) in [5.74, 6) is -0.104. The Kier molecular flexibility index (Phi) is 5.99. The third kappa shape index (κ3) is 3.61. The lowest BCUT2D eigenvalue weighted by Gasteiger charge is -2.33. The maximum atomic E-state index is 12.9. The van der Waals surface area contributed by atoms with Gasteiger partial charge in [0.25, 0.3) is 5.91 Å². The molecule has 3 atom stereocenters. The summed E-state index contributed by atoms with van der Waals surface area (Å²) < 4.78 is 0. The van der Waals surface area contributed by atoms with Crippen LogP contribution in [0.5, 0.6) is 0 Å². The lowest BCUT2D eigenvalue weighted by molar-refractivity contribution is -0.128. The van der Waals surface area contributed by atoms with Gasteiger partial charge in [0.1, 0.15) is 6.04 Å². The van der Waals surface area contributed by atoms with Gasteiger partial charge in [0, 0.05) is 12.1 Å². The van der Waals surface area contributed by atoms with Crippen molar-refractivity contribution in [2.75, 3.05) is 6.61 Å². The van der Waals surface area contributed by atoms with Crippen LogP contribution in [0.15, 0.2) is 24.3 Å². The monoisotopic (exact) mass is 332 g/mol. The quantitative estimate of drug-likeness (QED) is 0.804. The number of carbonyl (C=O) groups is 2. The zero-order valence-corrected chi connectivity index (χ0v) is 15.0. The van der Waals surface area contributed by atoms with E-state index in [4.69, 9.17) is 0 Å². The van der Waals surface area contributed by atoms with Crippen LogP contribution in [-0.2, 0) is 11.3 Å². The molecule has 1 aromatic rings. The summed E-state index contributed by atoms with van der Waals surface area (Å²) >= 11 is 0. The van der Waals surface area contributed by atoms with Gasteiger partial charge >= 0.3 is 0 Å². The molecule has 0 spiro atoms. The van der Waals surface area contributed by atoms with Gasteiger partial charge in [0.15, 0.2) is 0 Å². The van der Waals surface area contributed by atoms with E-state index in [1.54, 1.807) is 4.90 Å². The molecule has 2 amide bonds. The number of hydrogen-bond donors (Lipinski definition) is 2. The highest BCUT2D eigenvalue weighted by atomic mass is 16.3. The SMILES string of the molecule is CC[C@H](C)[C@H](C(=O)N[C@@H](CO)C(C)C)N1Cc2ccccc2C1=O. The number of benzene rings is 1. The third-order valence-corrected chi connectivity index (χ3v) is 4.97. The first-order valence-electron chi connectivity index (χ1n) is 8.70. The van der Waals surface area contributed by atoms with E-state index in [-0.39, 0.29) is 36.3 Å². The first-order valence-corrected chi connectivity index (χ1v) is 8.70. The summed E-state index contributed by atoms with van der Waals surface area (Å²) in [7, 11) is 0. The van der Waals surface area contributed by atoms with E-state index in [0.29, 0.717) is 12.1 Å². The zero-order chi connectivity index (χ0) is 17.9. The molecule has 0 aliphatic carbocycles. The Morgan fingerprint density at radius 1 is 1.29 bits per heavy atom. The van der Waals surface area contributed by atoms with Crippen LogP contribution in [0.2, 0.25) is 0 Å². The van der Waals surface area contributed by atoms with Gasteiger partial charge in [-0.1, -0.05) is 52.3 Å². The maximum Gasteiger partial charge on any atom is 0.255 e. The van der Waals surface area contributed by atoms with Gasteiger partial charge in [-0.3, -0.25) is 9.59 Å². The Labute approximate surface area is 144 Å². The molecule has 132 valence electrons. The molecule has 24 heavy (non-hydrogen) atoms. The second-order valence-corrected chi connectivity index (χ2v) is 6.96. The number of amides is 2. The number of nitrogens with one attached hydrogen (secondary N) is 1. The molecule has 5 heteroatoms. The number of carbonyl (C=O) groups excluding carboxylic acids is 2. The van der Waals surface area contributed by atoms with E-state index >= 15 is 0 Å². The molecule has 0 unspecified atom stereocenters. The molecule has 1 aliphatic rings. The smallest absolute Gasteiger partial charge is 0.255 e. The molecule has 5 nitrogen and oxygen atoms in total. The van der Waals surface area contributed by atoms with E-state index < -0.39 is 6.04 Å². The third-order valence-electron chi connectivity index (χ3n) is 4.97. The Hall–Kier alpha value is -1.88. The number of fused-ring (bicyclic) bond motifs is 1. The molecular weight excluding hydrogens is 304 g/mol. The summed E-state index contributed by atoms with van der Waals surface area (Å²) in [6.07, 6.45) is 0.795. The molecule has 0 saturated carbocycles. The molecule has 1 aliphatic heterocycles. The zero-order valence-electron chi connectivity index (χ0n) is 15.0. The van der Waals surface area contributed by atoms with Crippen molar-refractivity contribution in [2.24, 2.45) is 11.8 Å². The van der Waals surface area contributed by atoms with Gasteiger partial charge < -0.3 is 15.3 Å². The minimum atomic E-state index is -0.525. The molecule has 0 aromatic heterocycles. The number of nitrogens with zero attached hydrogens (tertiary/aromatic N) is 1. The van der Waals surface area contributed by atoms with E-state index in [1.807, 2.05) is 52.0 Å². The summed E-state index contributed by atoms with van der Waals surface area (Å²) in [5, 5.41) is 12.4. The highest BCUT2D eigenvalue weighted by Crippen LogP contribution is 2.28. The minimum Gasteiger partial charge on any atom is -0.394 e. The molecular formula is C19H28N2O3. The fraction of sp³-hybridized carbons (Fsp3) is 0.579. The predicted octanol–water partition coefficient (Wildman–Crippen LogP) is 2.19. The average molecular weight is 332 g/mol. The van der Waals surface area contributed by atoms with Crippen molar-refractivity contribution in [3.05, 3.63) is 35.4 Å². The standard InChI is InChI=1S/C19H28N2O3/c1-5-13(4)17(18(23)20-16(11-22)12(2)3)21-10-14-8-6-7-9-15(14)19(21)24/h6-9,12-13,16-17,22H,5,10-11H2,1-4H3,(H,20,23)/t13-,16-,17+/m0/s1. The fourth-order valence-electron chi connectivity index (χ4n) is 3.12. The van der Waals surface area contributed by atoms with Crippen molar-refractivity contribution in [3.8, 4) is 0 Å². The summed E-state index contributed by atoms with van der Waals surface area (Å²) in [6, 6.07) is 6.68. The van der Waals surface area contributed by atoms with Gasteiger partial charge in [-0.25, -0.2) is 0 Å². The van der Waals surface area contributed by atoms with Crippen molar-refractivity contribution in [3.63, 3.8) is 0 Å². The van der Waals surface area contributed by atoms with Crippen LogP contribution in [0.1, 0.15) is 50.0 Å². The topological polar surface area (TPSA) is 69.6 Å².